The highest BCUT2D eigenvalue weighted by atomic mass is 32.2. The first kappa shape index (κ1) is 25.3. The maximum absolute atomic E-state index is 13.6. The van der Waals surface area contributed by atoms with Crippen LogP contribution in [0.4, 0.5) is 11.4 Å². The summed E-state index contributed by atoms with van der Waals surface area (Å²) in [5.74, 6) is 1.48. The van der Waals surface area contributed by atoms with Gasteiger partial charge in [-0.05, 0) is 78.8 Å². The highest BCUT2D eigenvalue weighted by molar-refractivity contribution is 8.19. The summed E-state index contributed by atoms with van der Waals surface area (Å²) in [5, 5.41) is 20.9. The summed E-state index contributed by atoms with van der Waals surface area (Å²) in [6.07, 6.45) is 4.99. The van der Waals surface area contributed by atoms with Gasteiger partial charge in [-0.25, -0.2) is 0 Å². The number of thioether (sulfide) groups is 1. The van der Waals surface area contributed by atoms with Gasteiger partial charge in [0, 0.05) is 34.9 Å². The standard InChI is InChI=1S/C30H28N4O4S/c1-29(2)20-15-16-30(29,3)26(17-20)31-32-28-33(21-7-5-4-6-8-21)27(35)25(39-28)18-23-13-14-24(38-23)19-9-11-22(12-10-19)34(36)37/h4-14,18,20H,15-17H2,1-3H3/b25-18-,31-26+,32-28+. The molecule has 0 spiro atoms. The van der Waals surface area contributed by atoms with Gasteiger partial charge in [-0.1, -0.05) is 39.0 Å². The number of fused-ring (bicyclic) bond motifs is 2. The number of anilines is 1. The van der Waals surface area contributed by atoms with Gasteiger partial charge >= 0.3 is 0 Å². The van der Waals surface area contributed by atoms with Gasteiger partial charge in [0.25, 0.3) is 11.6 Å². The van der Waals surface area contributed by atoms with Crippen LogP contribution in [0.25, 0.3) is 17.4 Å². The van der Waals surface area contributed by atoms with Crippen molar-refractivity contribution in [1.82, 2.24) is 0 Å². The Balaban J connectivity index is 1.31. The molecule has 2 aromatic carbocycles. The van der Waals surface area contributed by atoms with E-state index >= 15 is 0 Å². The van der Waals surface area contributed by atoms with Crippen molar-refractivity contribution in [3.05, 3.63) is 87.5 Å². The van der Waals surface area contributed by atoms with Crippen LogP contribution < -0.4 is 4.90 Å². The molecule has 2 heterocycles. The van der Waals surface area contributed by atoms with E-state index in [0.29, 0.717) is 33.1 Å². The third-order valence-electron chi connectivity index (χ3n) is 8.85. The first-order valence-corrected chi connectivity index (χ1v) is 13.8. The molecule has 3 aliphatic rings. The molecule has 2 saturated carbocycles. The Kier molecular flexibility index (Phi) is 6.06. The minimum absolute atomic E-state index is 0.0139. The third kappa shape index (κ3) is 4.21. The van der Waals surface area contributed by atoms with Crippen molar-refractivity contribution in [3.8, 4) is 11.3 Å². The molecule has 2 unspecified atom stereocenters. The van der Waals surface area contributed by atoms with E-state index in [1.807, 2.05) is 30.3 Å². The lowest BCUT2D eigenvalue weighted by molar-refractivity contribution is -0.384. The molecule has 2 aliphatic carbocycles. The summed E-state index contributed by atoms with van der Waals surface area (Å²) in [5.41, 5.74) is 2.78. The van der Waals surface area contributed by atoms with Gasteiger partial charge in [0.1, 0.15) is 11.5 Å². The van der Waals surface area contributed by atoms with Crippen molar-refractivity contribution in [2.24, 2.45) is 27.0 Å². The molecule has 6 rings (SSSR count). The second kappa shape index (κ2) is 9.34. The second-order valence-electron chi connectivity index (χ2n) is 11.0. The van der Waals surface area contributed by atoms with Crippen LogP contribution >= 0.6 is 11.8 Å². The van der Waals surface area contributed by atoms with Gasteiger partial charge in [0.15, 0.2) is 0 Å². The molecule has 198 valence electrons. The third-order valence-corrected chi connectivity index (χ3v) is 9.81. The number of para-hydroxylation sites is 1. The van der Waals surface area contributed by atoms with Crippen molar-refractivity contribution in [1.29, 1.82) is 0 Å². The molecule has 3 aromatic rings. The van der Waals surface area contributed by atoms with Gasteiger partial charge in [0.05, 0.1) is 15.5 Å². The van der Waals surface area contributed by atoms with E-state index in [4.69, 9.17) is 9.52 Å². The van der Waals surface area contributed by atoms with Crippen LogP contribution in [0.1, 0.15) is 45.8 Å². The average Bonchev–Trinajstić information content (AvgIpc) is 3.62. The lowest BCUT2D eigenvalue weighted by atomic mass is 9.70. The summed E-state index contributed by atoms with van der Waals surface area (Å²) >= 11 is 1.27. The number of hydrogen-bond donors (Lipinski definition) is 0. The summed E-state index contributed by atoms with van der Waals surface area (Å²) < 4.78 is 5.97. The minimum Gasteiger partial charge on any atom is -0.457 e. The van der Waals surface area contributed by atoms with Gasteiger partial charge in [0.2, 0.25) is 5.17 Å². The Morgan fingerprint density at radius 1 is 1.05 bits per heavy atom. The number of non-ortho nitro benzene ring substituents is 1. The number of amides is 1. The van der Waals surface area contributed by atoms with Crippen LogP contribution in [0.2, 0.25) is 0 Å². The van der Waals surface area contributed by atoms with Crippen molar-refractivity contribution in [3.63, 3.8) is 0 Å². The molecule has 1 amide bonds. The van der Waals surface area contributed by atoms with Crippen molar-refractivity contribution >= 4 is 46.0 Å². The van der Waals surface area contributed by atoms with E-state index in [0.717, 1.165) is 24.2 Å². The number of furan rings is 1. The minimum atomic E-state index is -0.439. The maximum Gasteiger partial charge on any atom is 0.271 e. The van der Waals surface area contributed by atoms with Crippen LogP contribution in [0.3, 0.4) is 0 Å². The Hall–Kier alpha value is -3.98. The zero-order valence-electron chi connectivity index (χ0n) is 22.0. The first-order chi connectivity index (χ1) is 18.7. The number of nitro benzene ring substituents is 1. The zero-order valence-corrected chi connectivity index (χ0v) is 22.8. The predicted molar refractivity (Wildman–Crippen MR) is 154 cm³/mol. The lowest BCUT2D eigenvalue weighted by Gasteiger charge is -2.34. The van der Waals surface area contributed by atoms with E-state index in [1.54, 1.807) is 35.2 Å². The van der Waals surface area contributed by atoms with Crippen LogP contribution in [0.15, 0.2) is 86.3 Å². The van der Waals surface area contributed by atoms with Crippen LogP contribution in [-0.4, -0.2) is 21.7 Å². The topological polar surface area (TPSA) is 101 Å². The number of rotatable bonds is 5. The highest BCUT2D eigenvalue weighted by Gasteiger charge is 2.60. The van der Waals surface area contributed by atoms with E-state index < -0.39 is 4.92 Å². The Morgan fingerprint density at radius 2 is 1.79 bits per heavy atom. The molecule has 1 saturated heterocycles. The fourth-order valence-corrected chi connectivity index (χ4v) is 6.90. The van der Waals surface area contributed by atoms with Gasteiger partial charge in [-0.3, -0.25) is 19.8 Å². The summed E-state index contributed by atoms with van der Waals surface area (Å²) in [6.45, 7) is 6.96. The molecule has 0 radical (unpaired) electrons. The number of amidine groups is 1. The summed E-state index contributed by atoms with van der Waals surface area (Å²) in [7, 11) is 0. The fraction of sp³-hybridized carbons (Fsp3) is 0.300. The van der Waals surface area contributed by atoms with Crippen molar-refractivity contribution < 1.29 is 14.1 Å². The van der Waals surface area contributed by atoms with Gasteiger partial charge in [-0.2, -0.15) is 5.10 Å². The molecule has 2 atom stereocenters. The van der Waals surface area contributed by atoms with E-state index in [1.165, 1.54) is 30.3 Å². The second-order valence-corrected chi connectivity index (χ2v) is 12.0. The first-order valence-electron chi connectivity index (χ1n) is 13.0. The smallest absolute Gasteiger partial charge is 0.271 e. The van der Waals surface area contributed by atoms with E-state index in [9.17, 15) is 14.9 Å². The molecular weight excluding hydrogens is 512 g/mol. The molecule has 1 aromatic heterocycles. The molecular formula is C30H28N4O4S. The Labute approximate surface area is 230 Å². The number of nitrogens with zero attached hydrogens (tertiary/aromatic N) is 4. The van der Waals surface area contributed by atoms with Crippen molar-refractivity contribution in [2.45, 2.75) is 40.0 Å². The van der Waals surface area contributed by atoms with E-state index in [2.05, 4.69) is 25.9 Å². The zero-order chi connectivity index (χ0) is 27.4. The lowest BCUT2D eigenvalue weighted by Crippen LogP contribution is -2.32. The number of carbonyl (C=O) groups is 1. The highest BCUT2D eigenvalue weighted by Crippen LogP contribution is 2.64. The fourth-order valence-electron chi connectivity index (χ4n) is 5.99. The average molecular weight is 541 g/mol. The van der Waals surface area contributed by atoms with Crippen LogP contribution in [-0.2, 0) is 4.79 Å². The molecule has 3 fully saturated rings. The number of nitro groups is 1. The Bertz CT molecular complexity index is 1550. The van der Waals surface area contributed by atoms with Gasteiger partial charge < -0.3 is 4.42 Å². The number of hydrogen-bond acceptors (Lipinski definition) is 7. The quantitative estimate of drug-likeness (QED) is 0.189. The number of carbonyl (C=O) groups excluding carboxylic acids is 1. The largest absolute Gasteiger partial charge is 0.457 e. The van der Waals surface area contributed by atoms with Crippen molar-refractivity contribution in [2.75, 3.05) is 4.90 Å². The maximum atomic E-state index is 13.6. The molecule has 1 aliphatic heterocycles. The van der Waals surface area contributed by atoms with Crippen LogP contribution in [0, 0.1) is 26.9 Å². The number of benzene rings is 2. The van der Waals surface area contributed by atoms with Crippen LogP contribution in [0.5, 0.6) is 0 Å². The van der Waals surface area contributed by atoms with Gasteiger partial charge in [-0.15, -0.1) is 5.10 Å². The predicted octanol–water partition coefficient (Wildman–Crippen LogP) is 7.53. The van der Waals surface area contributed by atoms with E-state index in [-0.39, 0.29) is 22.4 Å². The molecule has 39 heavy (non-hydrogen) atoms. The monoisotopic (exact) mass is 540 g/mol. The SMILES string of the molecule is CC12CCC(C/C1=N\N=C1\S/C(=C\c3ccc(-c4ccc([N+](=O)[O-])cc4)o3)C(=O)N1c1ccccc1)C2(C)C. The molecule has 9 heteroatoms. The summed E-state index contributed by atoms with van der Waals surface area (Å²) in [4.78, 5) is 26.2. The Morgan fingerprint density at radius 3 is 2.44 bits per heavy atom. The molecule has 8 nitrogen and oxygen atoms in total. The molecule has 2 bridgehead atoms. The molecule has 0 N–H and O–H groups in total. The normalized spacial score (nSPS) is 26.8. The summed E-state index contributed by atoms with van der Waals surface area (Å²) in [6, 6.07) is 19.2.